The molecule has 0 saturated heterocycles. The number of rotatable bonds is 6. The highest BCUT2D eigenvalue weighted by Gasteiger charge is 2.07. The predicted molar refractivity (Wildman–Crippen MR) is 63.8 cm³/mol. The molecule has 92 valence electrons. The average Bonchev–Trinajstić information content (AvgIpc) is 2.30. The van der Waals surface area contributed by atoms with Gasteiger partial charge in [0, 0.05) is 6.92 Å². The zero-order valence-electron chi connectivity index (χ0n) is 10.0. The van der Waals surface area contributed by atoms with Crippen LogP contribution in [0.5, 0.6) is 5.75 Å². The molecule has 1 unspecified atom stereocenters. The number of hydrogen-bond acceptors (Lipinski definition) is 4. The van der Waals surface area contributed by atoms with E-state index in [0.717, 1.165) is 0 Å². The molecule has 0 amide bonds. The molecule has 0 spiro atoms. The summed E-state index contributed by atoms with van der Waals surface area (Å²) in [5, 5.41) is 0. The molecule has 4 nitrogen and oxygen atoms in total. The Labute approximate surface area is 101 Å². The van der Waals surface area contributed by atoms with Crippen molar-refractivity contribution in [1.82, 2.24) is 0 Å². The number of carbonyl (C=O) groups is 1. The highest BCUT2D eigenvalue weighted by Crippen LogP contribution is 2.15. The van der Waals surface area contributed by atoms with Crippen molar-refractivity contribution in [3.05, 3.63) is 42.7 Å². The van der Waals surface area contributed by atoms with Crippen molar-refractivity contribution in [3.8, 4) is 5.75 Å². The van der Waals surface area contributed by atoms with Crippen LogP contribution < -0.4 is 4.74 Å². The van der Waals surface area contributed by atoms with Crippen LogP contribution in [0.1, 0.15) is 24.2 Å². The van der Waals surface area contributed by atoms with Crippen LogP contribution >= 0.6 is 0 Å². The first kappa shape index (κ1) is 13.1. The fourth-order valence-electron chi connectivity index (χ4n) is 1.24. The van der Waals surface area contributed by atoms with E-state index in [1.165, 1.54) is 6.26 Å². The molecule has 0 N–H and O–H groups in total. The van der Waals surface area contributed by atoms with E-state index < -0.39 is 6.29 Å². The molecule has 1 rings (SSSR count). The summed E-state index contributed by atoms with van der Waals surface area (Å²) >= 11 is 0. The Balaban J connectivity index is 2.61. The summed E-state index contributed by atoms with van der Waals surface area (Å²) in [7, 11) is 0. The normalized spacial score (nSPS) is 11.4. The number of ether oxygens (including phenoxy) is 3. The van der Waals surface area contributed by atoms with Gasteiger partial charge in [-0.2, -0.15) is 0 Å². The fraction of sp³-hybridized carbons (Fsp3) is 0.308. The van der Waals surface area contributed by atoms with Crippen molar-refractivity contribution in [2.45, 2.75) is 20.1 Å². The Bertz CT molecular complexity index is 370. The van der Waals surface area contributed by atoms with Crippen LogP contribution in [0.2, 0.25) is 0 Å². The quantitative estimate of drug-likeness (QED) is 0.433. The van der Waals surface area contributed by atoms with E-state index in [1.54, 1.807) is 38.1 Å². The second kappa shape index (κ2) is 6.58. The largest absolute Gasteiger partial charge is 0.463 e. The zero-order valence-corrected chi connectivity index (χ0v) is 10.0. The summed E-state index contributed by atoms with van der Waals surface area (Å²) in [4.78, 5) is 11.4. The summed E-state index contributed by atoms with van der Waals surface area (Å²) in [6, 6.07) is 6.67. The smallest absolute Gasteiger partial charge is 0.338 e. The Hall–Kier alpha value is -1.97. The second-order valence-corrected chi connectivity index (χ2v) is 3.23. The van der Waals surface area contributed by atoms with Gasteiger partial charge in [-0.05, 0) is 31.2 Å². The van der Waals surface area contributed by atoms with Gasteiger partial charge in [0.15, 0.2) is 0 Å². The number of benzene rings is 1. The van der Waals surface area contributed by atoms with Gasteiger partial charge in [-0.1, -0.05) is 6.58 Å². The molecule has 17 heavy (non-hydrogen) atoms. The first-order valence-electron chi connectivity index (χ1n) is 5.37. The maximum Gasteiger partial charge on any atom is 0.338 e. The lowest BCUT2D eigenvalue weighted by Gasteiger charge is -2.13. The molecule has 0 radical (unpaired) electrons. The lowest BCUT2D eigenvalue weighted by Crippen LogP contribution is -2.13. The summed E-state index contributed by atoms with van der Waals surface area (Å²) in [5.74, 6) is 0.279. The molecule has 1 aromatic carbocycles. The summed E-state index contributed by atoms with van der Waals surface area (Å²) < 4.78 is 15.3. The third-order valence-corrected chi connectivity index (χ3v) is 1.96. The monoisotopic (exact) mass is 236 g/mol. The van der Waals surface area contributed by atoms with Crippen molar-refractivity contribution in [2.24, 2.45) is 0 Å². The number of carbonyl (C=O) groups excluding carboxylic acids is 1. The van der Waals surface area contributed by atoms with Gasteiger partial charge >= 0.3 is 5.97 Å². The van der Waals surface area contributed by atoms with E-state index in [9.17, 15) is 4.79 Å². The fourth-order valence-corrected chi connectivity index (χ4v) is 1.24. The molecule has 1 atom stereocenters. The van der Waals surface area contributed by atoms with Crippen molar-refractivity contribution < 1.29 is 19.0 Å². The van der Waals surface area contributed by atoms with Gasteiger partial charge in [0.05, 0.1) is 18.4 Å². The Morgan fingerprint density at radius 2 is 2.06 bits per heavy atom. The van der Waals surface area contributed by atoms with Crippen molar-refractivity contribution >= 4 is 5.97 Å². The first-order chi connectivity index (χ1) is 8.17. The van der Waals surface area contributed by atoms with E-state index in [0.29, 0.717) is 17.9 Å². The maximum absolute atomic E-state index is 11.4. The van der Waals surface area contributed by atoms with Gasteiger partial charge in [0.2, 0.25) is 6.29 Å². The van der Waals surface area contributed by atoms with E-state index in [4.69, 9.17) is 14.2 Å². The van der Waals surface area contributed by atoms with Crippen molar-refractivity contribution in [3.63, 3.8) is 0 Å². The first-order valence-corrected chi connectivity index (χ1v) is 5.37. The van der Waals surface area contributed by atoms with Crippen molar-refractivity contribution in [1.29, 1.82) is 0 Å². The summed E-state index contributed by atoms with van der Waals surface area (Å²) in [6.45, 7) is 7.32. The highest BCUT2D eigenvalue weighted by molar-refractivity contribution is 5.89. The van der Waals surface area contributed by atoms with Crippen LogP contribution in [0.15, 0.2) is 37.1 Å². The van der Waals surface area contributed by atoms with Gasteiger partial charge in [0.1, 0.15) is 5.75 Å². The van der Waals surface area contributed by atoms with Crippen LogP contribution in [-0.4, -0.2) is 18.9 Å². The number of hydrogen-bond donors (Lipinski definition) is 0. The molecule has 0 saturated carbocycles. The lowest BCUT2D eigenvalue weighted by atomic mass is 10.2. The molecule has 0 aliphatic heterocycles. The Morgan fingerprint density at radius 1 is 1.41 bits per heavy atom. The molecule has 4 heteroatoms. The minimum Gasteiger partial charge on any atom is -0.463 e. The Kier molecular flexibility index (Phi) is 5.07. The molecule has 0 aromatic heterocycles. The standard InChI is InChI=1S/C13H16O4/c1-4-15-10(3)17-12-8-6-11(7-9-12)13(14)16-5-2/h4,6-10H,1,5H2,2-3H3. The van der Waals surface area contributed by atoms with Gasteiger partial charge in [-0.25, -0.2) is 4.79 Å². The SMILES string of the molecule is C=COC(C)Oc1ccc(C(=O)OCC)cc1. The minimum absolute atomic E-state index is 0.338. The van der Waals surface area contributed by atoms with Crippen LogP contribution in [0.25, 0.3) is 0 Å². The Morgan fingerprint density at radius 3 is 2.59 bits per heavy atom. The van der Waals surface area contributed by atoms with Gasteiger partial charge in [-0.3, -0.25) is 0 Å². The maximum atomic E-state index is 11.4. The van der Waals surface area contributed by atoms with Gasteiger partial charge in [-0.15, -0.1) is 0 Å². The zero-order chi connectivity index (χ0) is 12.7. The van der Waals surface area contributed by atoms with Crippen LogP contribution in [0.4, 0.5) is 0 Å². The highest BCUT2D eigenvalue weighted by atomic mass is 16.7. The topological polar surface area (TPSA) is 44.8 Å². The van der Waals surface area contributed by atoms with Crippen LogP contribution in [0.3, 0.4) is 0 Å². The minimum atomic E-state index is -0.416. The third-order valence-electron chi connectivity index (χ3n) is 1.96. The molecule has 0 heterocycles. The molecule has 0 fully saturated rings. The molecular weight excluding hydrogens is 220 g/mol. The van der Waals surface area contributed by atoms with E-state index in [2.05, 4.69) is 6.58 Å². The van der Waals surface area contributed by atoms with E-state index in [1.807, 2.05) is 0 Å². The second-order valence-electron chi connectivity index (χ2n) is 3.23. The molecular formula is C13H16O4. The van der Waals surface area contributed by atoms with Crippen LogP contribution in [-0.2, 0) is 9.47 Å². The predicted octanol–water partition coefficient (Wildman–Crippen LogP) is 2.75. The molecule has 1 aromatic rings. The molecule has 0 aliphatic rings. The van der Waals surface area contributed by atoms with Crippen molar-refractivity contribution in [2.75, 3.05) is 6.61 Å². The number of esters is 1. The van der Waals surface area contributed by atoms with Crippen LogP contribution in [0, 0.1) is 0 Å². The molecule has 0 aliphatic carbocycles. The van der Waals surface area contributed by atoms with Gasteiger partial charge < -0.3 is 14.2 Å². The summed E-state index contributed by atoms with van der Waals surface area (Å²) in [5.41, 5.74) is 0.497. The molecule has 0 bridgehead atoms. The summed E-state index contributed by atoms with van der Waals surface area (Å²) in [6.07, 6.45) is 0.901. The van der Waals surface area contributed by atoms with Gasteiger partial charge in [0.25, 0.3) is 0 Å². The lowest BCUT2D eigenvalue weighted by molar-refractivity contribution is -0.0131. The van der Waals surface area contributed by atoms with E-state index in [-0.39, 0.29) is 5.97 Å². The average molecular weight is 236 g/mol. The third kappa shape index (κ3) is 4.18. The van der Waals surface area contributed by atoms with E-state index >= 15 is 0 Å².